The van der Waals surface area contributed by atoms with Crippen LogP contribution < -0.4 is 12.3 Å². The van der Waals surface area contributed by atoms with Crippen molar-refractivity contribution in [3.63, 3.8) is 0 Å². The van der Waals surface area contributed by atoms with E-state index in [0.29, 0.717) is 5.75 Å². The van der Waals surface area contributed by atoms with E-state index in [1.807, 2.05) is 6.07 Å². The number of benzene rings is 1. The van der Waals surface area contributed by atoms with Gasteiger partial charge in [-0.25, -0.2) is 0 Å². The van der Waals surface area contributed by atoms with E-state index in [1.165, 1.54) is 0 Å². The summed E-state index contributed by atoms with van der Waals surface area (Å²) in [7, 11) is -4.67. The molecular weight excluding hydrogens is 212 g/mol. The highest BCUT2D eigenvalue weighted by molar-refractivity contribution is 7.79. The van der Waals surface area contributed by atoms with Gasteiger partial charge in [-0.3, -0.25) is 9.11 Å². The van der Waals surface area contributed by atoms with Crippen LogP contribution in [0.3, 0.4) is 0 Å². The second-order valence-corrected chi connectivity index (χ2v) is 2.68. The van der Waals surface area contributed by atoms with Crippen molar-refractivity contribution >= 4 is 10.4 Å². The van der Waals surface area contributed by atoms with Gasteiger partial charge in [0.25, 0.3) is 0 Å². The molecule has 84 valence electrons. The molecule has 0 saturated heterocycles. The van der Waals surface area contributed by atoms with Crippen molar-refractivity contribution in [1.82, 2.24) is 12.3 Å². The maximum Gasteiger partial charge on any atom is 0.394 e. The summed E-state index contributed by atoms with van der Waals surface area (Å²) in [5, 5.41) is 8.63. The van der Waals surface area contributed by atoms with E-state index in [-0.39, 0.29) is 12.3 Å². The van der Waals surface area contributed by atoms with Crippen LogP contribution >= 0.6 is 0 Å². The number of phenolic OH excluding ortho intramolecular Hbond substituents is 1. The molecule has 8 heteroatoms. The molecule has 0 heterocycles. The average Bonchev–Trinajstić information content (AvgIpc) is 1.85. The zero-order chi connectivity index (χ0) is 9.61. The number of hydrogen-bond donors (Lipinski definition) is 5. The molecule has 0 spiro atoms. The molecule has 1 aromatic rings. The first kappa shape index (κ1) is 18.6. The zero-order valence-electron chi connectivity index (χ0n) is 7.37. The minimum Gasteiger partial charge on any atom is -0.508 e. The number of aromatic hydroxyl groups is 1. The highest BCUT2D eigenvalue weighted by atomic mass is 32.3. The second kappa shape index (κ2) is 8.41. The molecule has 0 amide bonds. The fraction of sp³-hybridized carbons (Fsp3) is 0. The lowest BCUT2D eigenvalue weighted by atomic mass is 10.3. The molecule has 0 radical (unpaired) electrons. The van der Waals surface area contributed by atoms with Crippen molar-refractivity contribution in [3.8, 4) is 5.75 Å². The number of para-hydroxylation sites is 1. The first-order valence-electron chi connectivity index (χ1n) is 2.83. The standard InChI is InChI=1S/C6H6O.2H3N.H2O4S/c7-6-4-2-1-3-5-6;;;1-5(2,3)4/h1-5,7H;2*1H3;(H2,1,2,3,4). The van der Waals surface area contributed by atoms with Crippen molar-refractivity contribution in [2.24, 2.45) is 0 Å². The summed E-state index contributed by atoms with van der Waals surface area (Å²) in [4.78, 5) is 0. The van der Waals surface area contributed by atoms with Gasteiger partial charge in [0.05, 0.1) is 0 Å². The summed E-state index contributed by atoms with van der Waals surface area (Å²) in [6.45, 7) is 0. The van der Waals surface area contributed by atoms with E-state index in [4.69, 9.17) is 22.6 Å². The van der Waals surface area contributed by atoms with E-state index >= 15 is 0 Å². The summed E-state index contributed by atoms with van der Waals surface area (Å²) in [6, 6.07) is 8.71. The summed E-state index contributed by atoms with van der Waals surface area (Å²) in [6.07, 6.45) is 0. The highest BCUT2D eigenvalue weighted by Crippen LogP contribution is 2.02. The van der Waals surface area contributed by atoms with Crippen molar-refractivity contribution < 1.29 is 22.6 Å². The Kier molecular flexibility index (Phi) is 11.2. The Labute approximate surface area is 82.1 Å². The SMILES string of the molecule is N.N.O=S(=O)(O)O.Oc1ccccc1. The van der Waals surface area contributed by atoms with Crippen LogP contribution in [0.2, 0.25) is 0 Å². The molecule has 0 atom stereocenters. The van der Waals surface area contributed by atoms with Crippen LogP contribution in [0.1, 0.15) is 0 Å². The number of phenols is 1. The van der Waals surface area contributed by atoms with Crippen LogP contribution in [0.25, 0.3) is 0 Å². The Morgan fingerprint density at radius 3 is 1.36 bits per heavy atom. The summed E-state index contributed by atoms with van der Waals surface area (Å²) in [5.74, 6) is 0.322. The molecule has 0 bridgehead atoms. The van der Waals surface area contributed by atoms with Gasteiger partial charge < -0.3 is 17.4 Å². The highest BCUT2D eigenvalue weighted by Gasteiger charge is 1.84. The molecule has 14 heavy (non-hydrogen) atoms. The van der Waals surface area contributed by atoms with Gasteiger partial charge in [-0.05, 0) is 12.1 Å². The van der Waals surface area contributed by atoms with Gasteiger partial charge in [-0.15, -0.1) is 0 Å². The molecule has 0 saturated carbocycles. The molecule has 0 aliphatic heterocycles. The maximum atomic E-state index is 8.74. The molecule has 0 unspecified atom stereocenters. The van der Waals surface area contributed by atoms with E-state index in [2.05, 4.69) is 0 Å². The topological polar surface area (TPSA) is 165 Å². The monoisotopic (exact) mass is 226 g/mol. The Bertz CT molecular complexity index is 304. The normalized spacial score (nSPS) is 8.43. The van der Waals surface area contributed by atoms with E-state index in [0.717, 1.165) is 0 Å². The zero-order valence-corrected chi connectivity index (χ0v) is 8.18. The van der Waals surface area contributed by atoms with Crippen LogP contribution in [0.15, 0.2) is 30.3 Å². The van der Waals surface area contributed by atoms with Crippen molar-refractivity contribution in [2.45, 2.75) is 0 Å². The summed E-state index contributed by atoms with van der Waals surface area (Å²) in [5.41, 5.74) is 0. The quantitative estimate of drug-likeness (QED) is 0.412. The van der Waals surface area contributed by atoms with Crippen LogP contribution in [0.5, 0.6) is 5.75 Å². The van der Waals surface area contributed by atoms with E-state index < -0.39 is 10.4 Å². The van der Waals surface area contributed by atoms with Gasteiger partial charge in [-0.1, -0.05) is 18.2 Å². The molecule has 7 nitrogen and oxygen atoms in total. The lowest BCUT2D eigenvalue weighted by Crippen LogP contribution is -1.89. The lowest BCUT2D eigenvalue weighted by molar-refractivity contribution is 0.381. The Morgan fingerprint density at radius 1 is 0.929 bits per heavy atom. The van der Waals surface area contributed by atoms with Crippen molar-refractivity contribution in [1.29, 1.82) is 0 Å². The van der Waals surface area contributed by atoms with Crippen LogP contribution in [0.4, 0.5) is 0 Å². The predicted octanol–water partition coefficient (Wildman–Crippen LogP) is 1.06. The van der Waals surface area contributed by atoms with E-state index in [9.17, 15) is 0 Å². The fourth-order valence-corrected chi connectivity index (χ4v) is 0.428. The maximum absolute atomic E-state index is 8.74. The van der Waals surface area contributed by atoms with Gasteiger partial charge in [-0.2, -0.15) is 8.42 Å². The van der Waals surface area contributed by atoms with Crippen molar-refractivity contribution in [2.75, 3.05) is 0 Å². The average molecular weight is 226 g/mol. The second-order valence-electron chi connectivity index (χ2n) is 1.78. The van der Waals surface area contributed by atoms with Gasteiger partial charge in [0.1, 0.15) is 5.75 Å². The van der Waals surface area contributed by atoms with Crippen LogP contribution in [-0.4, -0.2) is 22.6 Å². The third-order valence-electron chi connectivity index (χ3n) is 0.756. The largest absolute Gasteiger partial charge is 0.508 e. The van der Waals surface area contributed by atoms with Crippen LogP contribution in [0, 0.1) is 0 Å². The molecule has 0 fully saturated rings. The number of rotatable bonds is 0. The fourth-order valence-electron chi connectivity index (χ4n) is 0.428. The van der Waals surface area contributed by atoms with Crippen molar-refractivity contribution in [3.05, 3.63) is 30.3 Å². The minimum absolute atomic E-state index is 0. The van der Waals surface area contributed by atoms with E-state index in [1.54, 1.807) is 24.3 Å². The minimum atomic E-state index is -4.67. The predicted molar refractivity (Wildman–Crippen MR) is 52.3 cm³/mol. The molecule has 0 aromatic heterocycles. The Balaban J connectivity index is -0.000000159. The van der Waals surface area contributed by atoms with Gasteiger partial charge in [0, 0.05) is 0 Å². The number of hydrogen-bond acceptors (Lipinski definition) is 5. The molecular formula is C6H14N2O5S. The Morgan fingerprint density at radius 2 is 1.21 bits per heavy atom. The molecule has 0 aliphatic carbocycles. The molecule has 1 rings (SSSR count). The van der Waals surface area contributed by atoms with Gasteiger partial charge in [0.15, 0.2) is 0 Å². The first-order chi connectivity index (χ1) is 5.39. The Hall–Kier alpha value is -1.19. The summed E-state index contributed by atoms with van der Waals surface area (Å²) >= 11 is 0. The molecule has 9 N–H and O–H groups in total. The van der Waals surface area contributed by atoms with Gasteiger partial charge >= 0.3 is 10.4 Å². The first-order valence-corrected chi connectivity index (χ1v) is 4.23. The lowest BCUT2D eigenvalue weighted by Gasteiger charge is -1.82. The van der Waals surface area contributed by atoms with Crippen LogP contribution in [-0.2, 0) is 10.4 Å². The molecule has 0 aliphatic rings. The molecule has 1 aromatic carbocycles. The smallest absolute Gasteiger partial charge is 0.394 e. The third kappa shape index (κ3) is 22.4. The third-order valence-corrected chi connectivity index (χ3v) is 0.756. The summed E-state index contributed by atoms with van der Waals surface area (Å²) < 4.78 is 31.6. The van der Waals surface area contributed by atoms with Gasteiger partial charge in [0.2, 0.25) is 0 Å².